The van der Waals surface area contributed by atoms with Crippen LogP contribution in [0.4, 0.5) is 0 Å². The predicted molar refractivity (Wildman–Crippen MR) is 51.9 cm³/mol. The number of rotatable bonds is 2. The van der Waals surface area contributed by atoms with E-state index in [0.29, 0.717) is 0 Å². The Morgan fingerprint density at radius 1 is 1.31 bits per heavy atom. The highest BCUT2D eigenvalue weighted by Crippen LogP contribution is 2.26. The summed E-state index contributed by atoms with van der Waals surface area (Å²) < 4.78 is 5.14. The highest BCUT2D eigenvalue weighted by atomic mass is 16.5. The lowest BCUT2D eigenvalue weighted by atomic mass is 10.1. The van der Waals surface area contributed by atoms with Crippen molar-refractivity contribution in [1.29, 1.82) is 0 Å². The molecule has 1 aliphatic carbocycles. The Bertz CT molecular complexity index is 352. The molecule has 1 aromatic rings. The van der Waals surface area contributed by atoms with E-state index >= 15 is 0 Å². The van der Waals surface area contributed by atoms with Gasteiger partial charge in [-0.2, -0.15) is 0 Å². The van der Waals surface area contributed by atoms with Gasteiger partial charge in [0.1, 0.15) is 0 Å². The zero-order valence-corrected chi connectivity index (χ0v) is 7.53. The zero-order valence-electron chi connectivity index (χ0n) is 7.53. The largest absolute Gasteiger partial charge is 0.501 e. The molecule has 1 aliphatic rings. The molecular weight excluding hydrogens is 162 g/mol. The topological polar surface area (TPSA) is 22.1 Å². The van der Waals surface area contributed by atoms with Crippen LogP contribution in [0, 0.1) is 0 Å². The van der Waals surface area contributed by atoms with Gasteiger partial charge in [0, 0.05) is 12.6 Å². The third kappa shape index (κ3) is 1.61. The monoisotopic (exact) mass is 173 g/mol. The fourth-order valence-electron chi connectivity index (χ4n) is 1.37. The van der Waals surface area contributed by atoms with Gasteiger partial charge in [0.05, 0.1) is 18.6 Å². The van der Waals surface area contributed by atoms with Gasteiger partial charge in [0.15, 0.2) is 0 Å². The van der Waals surface area contributed by atoms with Crippen LogP contribution in [0.3, 0.4) is 0 Å². The second kappa shape index (κ2) is 3.44. The fourth-order valence-corrected chi connectivity index (χ4v) is 1.37. The summed E-state index contributed by atoms with van der Waals surface area (Å²) in [5.41, 5.74) is 2.25. The van der Waals surface area contributed by atoms with Crippen LogP contribution in [-0.4, -0.2) is 12.1 Å². The van der Waals surface area contributed by atoms with E-state index in [4.69, 9.17) is 4.74 Å². The van der Waals surface area contributed by atoms with Gasteiger partial charge in [-0.05, 0) is 23.8 Å². The van der Waals surface area contributed by atoms with Crippen molar-refractivity contribution >= 4 is 5.57 Å². The second-order valence-electron chi connectivity index (χ2n) is 2.92. The Kier molecular flexibility index (Phi) is 2.13. The van der Waals surface area contributed by atoms with Crippen molar-refractivity contribution in [2.45, 2.75) is 6.42 Å². The van der Waals surface area contributed by atoms with Gasteiger partial charge >= 0.3 is 0 Å². The van der Waals surface area contributed by atoms with E-state index in [0.717, 1.165) is 17.9 Å². The summed E-state index contributed by atoms with van der Waals surface area (Å²) in [4.78, 5) is 4.27. The van der Waals surface area contributed by atoms with Crippen LogP contribution >= 0.6 is 0 Å². The van der Waals surface area contributed by atoms with Crippen LogP contribution in [0.25, 0.3) is 5.57 Å². The van der Waals surface area contributed by atoms with Gasteiger partial charge in [-0.3, -0.25) is 4.98 Å². The number of ether oxygens (including phenoxy) is 1. The van der Waals surface area contributed by atoms with Gasteiger partial charge in [-0.15, -0.1) is 0 Å². The van der Waals surface area contributed by atoms with Gasteiger partial charge < -0.3 is 4.74 Å². The second-order valence-corrected chi connectivity index (χ2v) is 2.92. The lowest BCUT2D eigenvalue weighted by molar-refractivity contribution is 0.288. The third-order valence-electron chi connectivity index (χ3n) is 2.09. The molecule has 0 N–H and O–H groups in total. The Labute approximate surface area is 77.6 Å². The summed E-state index contributed by atoms with van der Waals surface area (Å²) in [5.74, 6) is 1.00. The Hall–Kier alpha value is -1.57. The Morgan fingerprint density at radius 3 is 2.85 bits per heavy atom. The first-order valence-corrected chi connectivity index (χ1v) is 4.25. The molecule has 0 radical (unpaired) electrons. The van der Waals surface area contributed by atoms with Crippen molar-refractivity contribution in [1.82, 2.24) is 4.98 Å². The van der Waals surface area contributed by atoms with Crippen LogP contribution in [-0.2, 0) is 4.74 Å². The lowest BCUT2D eigenvalue weighted by Gasteiger charge is -2.02. The number of allylic oxidation sites excluding steroid dienone is 3. The maximum atomic E-state index is 5.14. The molecule has 66 valence electrons. The van der Waals surface area contributed by atoms with Crippen LogP contribution in [0.5, 0.6) is 0 Å². The molecule has 0 unspecified atom stereocenters. The molecule has 0 amide bonds. The van der Waals surface area contributed by atoms with E-state index in [1.54, 1.807) is 13.3 Å². The molecule has 0 fully saturated rings. The number of hydrogen-bond acceptors (Lipinski definition) is 2. The standard InChI is InChI=1S/C11H11NO/c1-13-10-6-5-9(8-10)11-4-2-3-7-12-11/h2-7H,8H2,1H3. The summed E-state index contributed by atoms with van der Waals surface area (Å²) in [5, 5.41) is 0. The molecule has 0 saturated heterocycles. The average Bonchev–Trinajstić information content (AvgIpc) is 2.67. The van der Waals surface area contributed by atoms with Gasteiger partial charge in [0.2, 0.25) is 0 Å². The SMILES string of the molecule is COC1=CC=C(c2ccccn2)C1. The van der Waals surface area contributed by atoms with E-state index in [9.17, 15) is 0 Å². The van der Waals surface area contributed by atoms with E-state index in [-0.39, 0.29) is 0 Å². The van der Waals surface area contributed by atoms with Crippen LogP contribution in [0.15, 0.2) is 42.3 Å². The average molecular weight is 173 g/mol. The van der Waals surface area contributed by atoms with Crippen LogP contribution in [0.2, 0.25) is 0 Å². The maximum absolute atomic E-state index is 5.14. The van der Waals surface area contributed by atoms with Crippen molar-refractivity contribution in [3.8, 4) is 0 Å². The van der Waals surface area contributed by atoms with Crippen molar-refractivity contribution in [2.75, 3.05) is 7.11 Å². The van der Waals surface area contributed by atoms with E-state index in [1.165, 1.54) is 5.57 Å². The van der Waals surface area contributed by atoms with E-state index in [2.05, 4.69) is 11.1 Å². The van der Waals surface area contributed by atoms with E-state index in [1.807, 2.05) is 24.3 Å². The highest BCUT2D eigenvalue weighted by Gasteiger charge is 2.10. The molecule has 2 nitrogen and oxygen atoms in total. The summed E-state index contributed by atoms with van der Waals surface area (Å²) >= 11 is 0. The molecule has 0 aromatic carbocycles. The summed E-state index contributed by atoms with van der Waals surface area (Å²) in [6.07, 6.45) is 6.71. The molecule has 1 aromatic heterocycles. The first-order valence-electron chi connectivity index (χ1n) is 4.25. The van der Waals surface area contributed by atoms with Gasteiger partial charge in [-0.1, -0.05) is 12.1 Å². The molecule has 0 aliphatic heterocycles. The number of nitrogens with zero attached hydrogens (tertiary/aromatic N) is 1. The Balaban J connectivity index is 2.16. The predicted octanol–water partition coefficient (Wildman–Crippen LogP) is 2.40. The van der Waals surface area contributed by atoms with Crippen molar-refractivity contribution in [2.24, 2.45) is 0 Å². The van der Waals surface area contributed by atoms with Gasteiger partial charge in [-0.25, -0.2) is 0 Å². The van der Waals surface area contributed by atoms with Crippen molar-refractivity contribution in [3.63, 3.8) is 0 Å². The summed E-state index contributed by atoms with van der Waals surface area (Å²) in [6, 6.07) is 5.93. The van der Waals surface area contributed by atoms with Gasteiger partial charge in [0.25, 0.3) is 0 Å². The molecule has 2 heteroatoms. The number of methoxy groups -OCH3 is 1. The zero-order chi connectivity index (χ0) is 9.10. The highest BCUT2D eigenvalue weighted by molar-refractivity contribution is 5.69. The molecule has 0 bridgehead atoms. The van der Waals surface area contributed by atoms with Crippen LogP contribution in [0.1, 0.15) is 12.1 Å². The molecule has 0 atom stereocenters. The summed E-state index contributed by atoms with van der Waals surface area (Å²) in [6.45, 7) is 0. The number of pyridine rings is 1. The van der Waals surface area contributed by atoms with Crippen molar-refractivity contribution in [3.05, 3.63) is 48.0 Å². The third-order valence-corrected chi connectivity index (χ3v) is 2.09. The fraction of sp³-hybridized carbons (Fsp3) is 0.182. The smallest absolute Gasteiger partial charge is 0.1000 e. The normalized spacial score (nSPS) is 15.2. The molecule has 0 spiro atoms. The molecular formula is C11H11NO. The summed E-state index contributed by atoms with van der Waals surface area (Å²) in [7, 11) is 1.70. The molecule has 1 heterocycles. The first kappa shape index (κ1) is 8.05. The Morgan fingerprint density at radius 2 is 2.23 bits per heavy atom. The lowest BCUT2D eigenvalue weighted by Crippen LogP contribution is -1.88. The quantitative estimate of drug-likeness (QED) is 0.685. The minimum absolute atomic E-state index is 0.855. The van der Waals surface area contributed by atoms with Crippen molar-refractivity contribution < 1.29 is 4.74 Å². The molecule has 2 rings (SSSR count). The van der Waals surface area contributed by atoms with E-state index < -0.39 is 0 Å². The minimum Gasteiger partial charge on any atom is -0.501 e. The molecule has 13 heavy (non-hydrogen) atoms. The molecule has 0 saturated carbocycles. The van der Waals surface area contributed by atoms with Crippen LogP contribution < -0.4 is 0 Å². The minimum atomic E-state index is 0.855. The number of aromatic nitrogens is 1. The number of hydrogen-bond donors (Lipinski definition) is 0. The maximum Gasteiger partial charge on any atom is 0.1000 e. The first-order chi connectivity index (χ1) is 6.40.